The van der Waals surface area contributed by atoms with Crippen molar-refractivity contribution >= 4 is 23.0 Å². The van der Waals surface area contributed by atoms with Crippen molar-refractivity contribution < 1.29 is 23.2 Å². The summed E-state index contributed by atoms with van der Waals surface area (Å²) in [5.74, 6) is 0.931. The van der Waals surface area contributed by atoms with E-state index in [9.17, 15) is 8.78 Å². The fraction of sp³-hybridized carbons (Fsp3) is 0.316. The highest BCUT2D eigenvalue weighted by Gasteiger charge is 2.21. The molecule has 0 aromatic heterocycles. The van der Waals surface area contributed by atoms with Crippen LogP contribution in [0.15, 0.2) is 48.5 Å². The normalized spacial score (nSPS) is 12.0. The Kier molecular flexibility index (Phi) is 7.75. The Balaban J connectivity index is 1.96. The Labute approximate surface area is 163 Å². The van der Waals surface area contributed by atoms with Crippen LogP contribution < -0.4 is 25.0 Å². The Morgan fingerprint density at radius 2 is 1.78 bits per heavy atom. The van der Waals surface area contributed by atoms with E-state index in [0.717, 1.165) is 11.3 Å². The number of hydrogen-bond donors (Lipinski definition) is 3. The lowest BCUT2D eigenvalue weighted by Gasteiger charge is -2.24. The van der Waals surface area contributed by atoms with Crippen LogP contribution in [0.25, 0.3) is 0 Å². The molecule has 0 spiro atoms. The third kappa shape index (κ3) is 6.33. The number of para-hydroxylation sites is 1. The Morgan fingerprint density at radius 1 is 1.11 bits per heavy atom. The molecule has 2 aromatic rings. The van der Waals surface area contributed by atoms with Crippen LogP contribution in [0.2, 0.25) is 0 Å². The number of nitrogens with one attached hydrogen (secondary N) is 3. The summed E-state index contributed by atoms with van der Waals surface area (Å²) in [4.78, 5) is 1.23. The van der Waals surface area contributed by atoms with Gasteiger partial charge in [0.1, 0.15) is 17.5 Å². The molecule has 2 rings (SSSR count). The second-order valence-electron chi connectivity index (χ2n) is 6.11. The second kappa shape index (κ2) is 10.0. The molecule has 0 amide bonds. The third-order valence-corrected chi connectivity index (χ3v) is 4.26. The van der Waals surface area contributed by atoms with Crippen LogP contribution in [0, 0.1) is 0 Å². The Hall–Kier alpha value is -2.45. The number of hydrogen-bond acceptors (Lipinski definition) is 3. The topological polar surface area (TPSA) is 47.0 Å². The predicted octanol–water partition coefficient (Wildman–Crippen LogP) is 2.47. The standard InChI is InChI=1S/C19H23F2N3O2S/c1-24(2)16(15-6-4-5-7-17(15)25-3)12-22-19(27)23-13-8-10-14(11-9-13)26-18(20)21/h4-11,16,18H,12H2,1-3H3,(H2,22,23,27)/p+1/t16-/m0/s1. The van der Waals surface area contributed by atoms with Crippen molar-refractivity contribution in [1.82, 2.24) is 5.32 Å². The summed E-state index contributed by atoms with van der Waals surface area (Å²) in [7, 11) is 5.79. The van der Waals surface area contributed by atoms with Gasteiger partial charge in [0.25, 0.3) is 0 Å². The van der Waals surface area contributed by atoms with E-state index in [1.165, 1.54) is 17.0 Å². The van der Waals surface area contributed by atoms with E-state index in [1.807, 2.05) is 24.3 Å². The van der Waals surface area contributed by atoms with Crippen molar-refractivity contribution in [3.8, 4) is 11.5 Å². The number of halogens is 2. The highest BCUT2D eigenvalue weighted by molar-refractivity contribution is 7.80. The van der Waals surface area contributed by atoms with E-state index < -0.39 is 6.61 Å². The minimum atomic E-state index is -2.84. The lowest BCUT2D eigenvalue weighted by Crippen LogP contribution is -3.07. The van der Waals surface area contributed by atoms with Gasteiger partial charge in [0, 0.05) is 5.69 Å². The molecule has 146 valence electrons. The summed E-state index contributed by atoms with van der Waals surface area (Å²) in [5, 5.41) is 6.68. The zero-order chi connectivity index (χ0) is 19.8. The van der Waals surface area contributed by atoms with E-state index in [4.69, 9.17) is 17.0 Å². The maximum Gasteiger partial charge on any atom is 0.387 e. The maximum atomic E-state index is 12.2. The van der Waals surface area contributed by atoms with E-state index >= 15 is 0 Å². The first-order valence-corrected chi connectivity index (χ1v) is 8.84. The first kappa shape index (κ1) is 20.9. The summed E-state index contributed by atoms with van der Waals surface area (Å²) >= 11 is 5.34. The first-order chi connectivity index (χ1) is 12.9. The van der Waals surface area contributed by atoms with Crippen LogP contribution in [0.1, 0.15) is 11.6 Å². The molecule has 3 N–H and O–H groups in total. The molecule has 5 nitrogen and oxygen atoms in total. The molecular weight excluding hydrogens is 372 g/mol. The molecule has 0 saturated carbocycles. The highest BCUT2D eigenvalue weighted by Crippen LogP contribution is 2.22. The van der Waals surface area contributed by atoms with Crippen molar-refractivity contribution in [2.75, 3.05) is 33.1 Å². The van der Waals surface area contributed by atoms with Gasteiger partial charge in [0.15, 0.2) is 5.11 Å². The summed E-state index contributed by atoms with van der Waals surface area (Å²) in [6, 6.07) is 14.2. The van der Waals surface area contributed by atoms with Crippen LogP contribution in [0.5, 0.6) is 11.5 Å². The molecule has 0 aliphatic rings. The van der Waals surface area contributed by atoms with E-state index in [-0.39, 0.29) is 11.8 Å². The van der Waals surface area contributed by atoms with Gasteiger partial charge >= 0.3 is 6.61 Å². The van der Waals surface area contributed by atoms with Gasteiger partial charge < -0.3 is 25.0 Å². The average Bonchev–Trinajstić information content (AvgIpc) is 2.63. The largest absolute Gasteiger partial charge is 0.496 e. The average molecular weight is 396 g/mol. The van der Waals surface area contributed by atoms with Crippen LogP contribution in [0.3, 0.4) is 0 Å². The molecule has 0 aliphatic carbocycles. The molecule has 27 heavy (non-hydrogen) atoms. The van der Waals surface area contributed by atoms with E-state index in [1.54, 1.807) is 19.2 Å². The van der Waals surface area contributed by atoms with Crippen LogP contribution in [-0.2, 0) is 0 Å². The molecule has 8 heteroatoms. The highest BCUT2D eigenvalue weighted by atomic mass is 32.1. The molecule has 0 bridgehead atoms. The van der Waals surface area contributed by atoms with Gasteiger partial charge in [0.2, 0.25) is 0 Å². The molecule has 1 atom stereocenters. The summed E-state index contributed by atoms with van der Waals surface area (Å²) < 4.78 is 34.2. The molecule has 0 unspecified atom stereocenters. The number of alkyl halides is 2. The molecule has 0 aliphatic heterocycles. The van der Waals surface area contributed by atoms with E-state index in [0.29, 0.717) is 17.3 Å². The van der Waals surface area contributed by atoms with Gasteiger partial charge in [-0.2, -0.15) is 8.78 Å². The molecule has 0 saturated heterocycles. The van der Waals surface area contributed by atoms with Gasteiger partial charge in [0.05, 0.1) is 33.3 Å². The van der Waals surface area contributed by atoms with Crippen LogP contribution in [0.4, 0.5) is 14.5 Å². The lowest BCUT2D eigenvalue weighted by molar-refractivity contribution is -0.890. The summed E-state index contributed by atoms with van der Waals surface area (Å²) in [6.07, 6.45) is 0. The number of likely N-dealkylation sites (N-methyl/N-ethyl adjacent to an activating group) is 1. The van der Waals surface area contributed by atoms with Crippen molar-refractivity contribution in [3.05, 3.63) is 54.1 Å². The minimum Gasteiger partial charge on any atom is -0.496 e. The van der Waals surface area contributed by atoms with Crippen molar-refractivity contribution in [3.63, 3.8) is 0 Å². The predicted molar refractivity (Wildman–Crippen MR) is 106 cm³/mol. The zero-order valence-electron chi connectivity index (χ0n) is 15.5. The Bertz CT molecular complexity index is 742. The quantitative estimate of drug-likeness (QED) is 0.599. The number of methoxy groups -OCH3 is 1. The molecule has 2 aromatic carbocycles. The number of anilines is 1. The van der Waals surface area contributed by atoms with Gasteiger partial charge in [-0.05, 0) is 48.6 Å². The number of ether oxygens (including phenoxy) is 2. The number of quaternary nitrogens is 1. The van der Waals surface area contributed by atoms with Crippen molar-refractivity contribution in [1.29, 1.82) is 0 Å². The first-order valence-electron chi connectivity index (χ1n) is 8.43. The van der Waals surface area contributed by atoms with Gasteiger partial charge in [-0.3, -0.25) is 0 Å². The van der Waals surface area contributed by atoms with Crippen molar-refractivity contribution in [2.24, 2.45) is 0 Å². The van der Waals surface area contributed by atoms with Crippen LogP contribution in [-0.4, -0.2) is 39.5 Å². The fourth-order valence-electron chi connectivity index (χ4n) is 2.67. The lowest BCUT2D eigenvalue weighted by atomic mass is 10.0. The monoisotopic (exact) mass is 396 g/mol. The molecule has 0 heterocycles. The number of thiocarbonyl (C=S) groups is 1. The summed E-state index contributed by atoms with van der Waals surface area (Å²) in [6.45, 7) is -2.24. The van der Waals surface area contributed by atoms with Gasteiger partial charge in [-0.25, -0.2) is 0 Å². The smallest absolute Gasteiger partial charge is 0.387 e. The number of benzene rings is 2. The third-order valence-electron chi connectivity index (χ3n) is 4.02. The number of rotatable bonds is 8. The Morgan fingerprint density at radius 3 is 2.37 bits per heavy atom. The van der Waals surface area contributed by atoms with E-state index in [2.05, 4.69) is 29.5 Å². The van der Waals surface area contributed by atoms with Gasteiger partial charge in [-0.1, -0.05) is 12.1 Å². The SMILES string of the molecule is COc1ccccc1[C@H](CNC(=S)Nc1ccc(OC(F)F)cc1)[NH+](C)C. The maximum absolute atomic E-state index is 12.2. The second-order valence-corrected chi connectivity index (χ2v) is 6.52. The molecule has 0 radical (unpaired) electrons. The van der Waals surface area contributed by atoms with Crippen molar-refractivity contribution in [2.45, 2.75) is 12.7 Å². The minimum absolute atomic E-state index is 0.0990. The molecular formula is C19H24F2N3O2S+. The van der Waals surface area contributed by atoms with Crippen LogP contribution >= 0.6 is 12.2 Å². The fourth-order valence-corrected chi connectivity index (χ4v) is 2.87. The van der Waals surface area contributed by atoms with Gasteiger partial charge in [-0.15, -0.1) is 0 Å². The zero-order valence-corrected chi connectivity index (χ0v) is 16.3. The summed E-state index contributed by atoms with van der Waals surface area (Å²) in [5.41, 5.74) is 1.77. The molecule has 0 fully saturated rings.